The van der Waals surface area contributed by atoms with Crippen molar-refractivity contribution in [2.75, 3.05) is 0 Å². The first-order valence-electron chi connectivity index (χ1n) is 3.47. The first-order chi connectivity index (χ1) is 5.66. The zero-order valence-electron chi connectivity index (χ0n) is 6.46. The highest BCUT2D eigenvalue weighted by atomic mass is 35.5. The average molecular weight is 187 g/mol. The molecule has 0 atom stereocenters. The van der Waals surface area contributed by atoms with Crippen molar-refractivity contribution < 1.29 is 14.0 Å². The summed E-state index contributed by atoms with van der Waals surface area (Å²) in [5.41, 5.74) is 0.703. The molecule has 0 aromatic carbocycles. The maximum atomic E-state index is 11.0. The van der Waals surface area contributed by atoms with E-state index in [-0.39, 0.29) is 5.76 Å². The molecule has 0 saturated heterocycles. The second kappa shape index (κ2) is 3.54. The molecule has 0 N–H and O–H groups in total. The number of furan rings is 1. The number of ketones is 1. The van der Waals surface area contributed by atoms with Crippen molar-refractivity contribution >= 4 is 22.6 Å². The van der Waals surface area contributed by atoms with Gasteiger partial charge in [0.05, 0.1) is 6.26 Å². The van der Waals surface area contributed by atoms with E-state index in [9.17, 15) is 9.59 Å². The average Bonchev–Trinajstić information content (AvgIpc) is 2.49. The van der Waals surface area contributed by atoms with Crippen LogP contribution in [0.5, 0.6) is 0 Å². The molecule has 1 heterocycles. The van der Waals surface area contributed by atoms with Gasteiger partial charge < -0.3 is 4.42 Å². The molecule has 1 rings (SSSR count). The van der Waals surface area contributed by atoms with Crippen LogP contribution in [0.3, 0.4) is 0 Å². The van der Waals surface area contributed by atoms with Crippen molar-refractivity contribution in [3.8, 4) is 0 Å². The van der Waals surface area contributed by atoms with Crippen LogP contribution >= 0.6 is 11.6 Å². The molecule has 4 heteroatoms. The van der Waals surface area contributed by atoms with Crippen LogP contribution in [0.4, 0.5) is 0 Å². The van der Waals surface area contributed by atoms with Gasteiger partial charge in [-0.2, -0.15) is 0 Å². The summed E-state index contributed by atoms with van der Waals surface area (Å²) in [6.45, 7) is 1.86. The number of hydrogen-bond donors (Lipinski definition) is 0. The number of halogens is 1. The fourth-order valence-corrected chi connectivity index (χ4v) is 0.988. The van der Waals surface area contributed by atoms with Crippen molar-refractivity contribution in [2.24, 2.45) is 0 Å². The molecular weight excluding hydrogens is 180 g/mol. The summed E-state index contributed by atoms with van der Waals surface area (Å²) in [4.78, 5) is 21.5. The number of Topliss-reactive ketones (excluding diaryl/α,β-unsaturated/α-hetero) is 1. The van der Waals surface area contributed by atoms with Crippen molar-refractivity contribution in [1.82, 2.24) is 0 Å². The highest BCUT2D eigenvalue weighted by Gasteiger charge is 2.19. The first-order valence-corrected chi connectivity index (χ1v) is 3.85. The third-order valence-corrected chi connectivity index (χ3v) is 1.68. The number of hydrogen-bond acceptors (Lipinski definition) is 3. The minimum absolute atomic E-state index is 0.0532. The lowest BCUT2D eigenvalue weighted by atomic mass is 10.1. The molecule has 0 saturated carbocycles. The molecular formula is C8H7ClO3. The number of aryl methyl sites for hydroxylation is 1. The Hall–Kier alpha value is -1.09. The summed E-state index contributed by atoms with van der Waals surface area (Å²) >= 11 is 5.00. The normalized spacial score (nSPS) is 9.83. The van der Waals surface area contributed by atoms with E-state index in [2.05, 4.69) is 0 Å². The van der Waals surface area contributed by atoms with E-state index in [1.807, 2.05) is 6.92 Å². The summed E-state index contributed by atoms with van der Waals surface area (Å²) < 4.78 is 4.82. The smallest absolute Gasteiger partial charge is 0.296 e. The monoisotopic (exact) mass is 186 g/mol. The first kappa shape index (κ1) is 9.00. The number of rotatable bonds is 3. The van der Waals surface area contributed by atoms with E-state index >= 15 is 0 Å². The Morgan fingerprint density at radius 1 is 1.58 bits per heavy atom. The van der Waals surface area contributed by atoms with Crippen molar-refractivity contribution in [1.29, 1.82) is 0 Å². The molecule has 1 aromatic rings. The molecule has 3 nitrogen and oxygen atoms in total. The van der Waals surface area contributed by atoms with E-state index in [1.54, 1.807) is 6.07 Å². The quantitative estimate of drug-likeness (QED) is 0.411. The summed E-state index contributed by atoms with van der Waals surface area (Å²) in [6.07, 6.45) is 2.01. The van der Waals surface area contributed by atoms with Crippen LogP contribution in [0.25, 0.3) is 0 Å². The van der Waals surface area contributed by atoms with Gasteiger partial charge in [-0.15, -0.1) is 0 Å². The Balaban J connectivity index is 3.02. The predicted octanol–water partition coefficient (Wildman–Crippen LogP) is 1.79. The van der Waals surface area contributed by atoms with Gasteiger partial charge in [0.2, 0.25) is 0 Å². The molecule has 0 unspecified atom stereocenters. The van der Waals surface area contributed by atoms with Gasteiger partial charge in [0.15, 0.2) is 5.76 Å². The van der Waals surface area contributed by atoms with Gasteiger partial charge in [-0.1, -0.05) is 6.92 Å². The topological polar surface area (TPSA) is 47.3 Å². The Bertz CT molecular complexity index is 314. The maximum absolute atomic E-state index is 11.0. The molecule has 12 heavy (non-hydrogen) atoms. The Kier molecular flexibility index (Phi) is 2.65. The standard InChI is InChI=1S/C8H7ClO3/c1-2-5-3-4-12-7(5)6(10)8(9)11/h3-4H,2H2,1H3. The van der Waals surface area contributed by atoms with Gasteiger partial charge in [0.1, 0.15) is 0 Å². The summed E-state index contributed by atoms with van der Waals surface area (Å²) in [5.74, 6) is -0.726. The van der Waals surface area contributed by atoms with Gasteiger partial charge in [0.25, 0.3) is 11.0 Å². The van der Waals surface area contributed by atoms with Crippen molar-refractivity contribution in [2.45, 2.75) is 13.3 Å². The number of carbonyl (C=O) groups excluding carboxylic acids is 2. The fraction of sp³-hybridized carbons (Fsp3) is 0.250. The van der Waals surface area contributed by atoms with Gasteiger partial charge in [-0.05, 0) is 24.1 Å². The minimum Gasteiger partial charge on any atom is -0.460 e. The highest BCUT2D eigenvalue weighted by molar-refractivity contribution is 6.83. The van der Waals surface area contributed by atoms with Gasteiger partial charge in [0, 0.05) is 5.56 Å². The summed E-state index contributed by atoms with van der Waals surface area (Å²) in [6, 6.07) is 1.65. The highest BCUT2D eigenvalue weighted by Crippen LogP contribution is 2.12. The maximum Gasteiger partial charge on any atom is 0.296 e. The lowest BCUT2D eigenvalue weighted by molar-refractivity contribution is -0.108. The summed E-state index contributed by atoms with van der Waals surface area (Å²) in [7, 11) is 0. The molecule has 0 bridgehead atoms. The van der Waals surface area contributed by atoms with Crippen LogP contribution in [-0.2, 0) is 11.2 Å². The number of carbonyl (C=O) groups is 2. The molecule has 0 aliphatic rings. The lowest BCUT2D eigenvalue weighted by Gasteiger charge is -1.92. The Labute approximate surface area is 74.3 Å². The minimum atomic E-state index is -1.01. The zero-order valence-corrected chi connectivity index (χ0v) is 7.22. The van der Waals surface area contributed by atoms with Gasteiger partial charge >= 0.3 is 0 Å². The SMILES string of the molecule is CCc1ccoc1C(=O)C(=O)Cl. The fourth-order valence-electron chi connectivity index (χ4n) is 0.903. The molecule has 0 aliphatic heterocycles. The van der Waals surface area contributed by atoms with Crippen LogP contribution in [-0.4, -0.2) is 11.0 Å². The van der Waals surface area contributed by atoms with Crippen LogP contribution < -0.4 is 0 Å². The predicted molar refractivity (Wildman–Crippen MR) is 43.3 cm³/mol. The molecule has 0 radical (unpaired) electrons. The Morgan fingerprint density at radius 2 is 2.25 bits per heavy atom. The van der Waals surface area contributed by atoms with Crippen LogP contribution in [0.1, 0.15) is 23.0 Å². The largest absolute Gasteiger partial charge is 0.460 e. The van der Waals surface area contributed by atoms with E-state index in [0.29, 0.717) is 12.0 Å². The molecule has 1 aromatic heterocycles. The second-order valence-corrected chi connectivity index (χ2v) is 2.57. The zero-order chi connectivity index (χ0) is 9.14. The van der Waals surface area contributed by atoms with Crippen molar-refractivity contribution in [3.05, 3.63) is 23.7 Å². The van der Waals surface area contributed by atoms with E-state index in [0.717, 1.165) is 0 Å². The molecule has 0 fully saturated rings. The third kappa shape index (κ3) is 1.56. The third-order valence-electron chi connectivity index (χ3n) is 1.51. The molecule has 0 amide bonds. The molecule has 64 valence electrons. The summed E-state index contributed by atoms with van der Waals surface area (Å²) in [5, 5.41) is -1.01. The van der Waals surface area contributed by atoms with Gasteiger partial charge in [-0.3, -0.25) is 9.59 Å². The second-order valence-electron chi connectivity index (χ2n) is 2.23. The van der Waals surface area contributed by atoms with Crippen LogP contribution in [0, 0.1) is 0 Å². The molecule has 0 spiro atoms. The van der Waals surface area contributed by atoms with Crippen molar-refractivity contribution in [3.63, 3.8) is 0 Å². The molecule has 0 aliphatic carbocycles. The van der Waals surface area contributed by atoms with Crippen LogP contribution in [0.15, 0.2) is 16.7 Å². The Morgan fingerprint density at radius 3 is 2.75 bits per heavy atom. The van der Waals surface area contributed by atoms with E-state index < -0.39 is 11.0 Å². The van der Waals surface area contributed by atoms with Gasteiger partial charge in [-0.25, -0.2) is 0 Å². The van der Waals surface area contributed by atoms with E-state index in [1.165, 1.54) is 6.26 Å². The van der Waals surface area contributed by atoms with E-state index in [4.69, 9.17) is 16.0 Å². The lowest BCUT2D eigenvalue weighted by Crippen LogP contribution is -2.08. The van der Waals surface area contributed by atoms with Crippen LogP contribution in [0.2, 0.25) is 0 Å².